The molecule has 7 aliphatic carbocycles. The van der Waals surface area contributed by atoms with Crippen LogP contribution >= 0.6 is 0 Å². The molecule has 2 heterocycles. The average Bonchev–Trinajstić information content (AvgIpc) is 3.72. The third-order valence-electron chi connectivity index (χ3n) is 16.8. The van der Waals surface area contributed by atoms with Crippen LogP contribution in [-0.4, -0.2) is 20.5 Å². The minimum Gasteiger partial charge on any atom is -0.312 e. The van der Waals surface area contributed by atoms with Crippen LogP contribution in [0.15, 0.2) is 174 Å². The molecule has 3 N–H and O–H groups in total. The summed E-state index contributed by atoms with van der Waals surface area (Å²) in [5, 5.41) is 18.9. The summed E-state index contributed by atoms with van der Waals surface area (Å²) >= 11 is 0. The zero-order chi connectivity index (χ0) is 40.8. The van der Waals surface area contributed by atoms with E-state index in [9.17, 15) is 0 Å². The van der Waals surface area contributed by atoms with Crippen molar-refractivity contribution in [2.24, 2.45) is 35.0 Å². The van der Waals surface area contributed by atoms with E-state index in [0.717, 1.165) is 49.4 Å². The lowest BCUT2D eigenvalue weighted by Gasteiger charge is -2.55. The highest BCUT2D eigenvalue weighted by molar-refractivity contribution is 7.12. The maximum absolute atomic E-state index is 4.27. The molecule has 1 saturated heterocycles. The van der Waals surface area contributed by atoms with Crippen molar-refractivity contribution in [3.8, 4) is 0 Å². The van der Waals surface area contributed by atoms with Gasteiger partial charge >= 0.3 is 0 Å². The minimum absolute atomic E-state index is 0.00966. The molecule has 13 rings (SSSR count). The first kappa shape index (κ1) is 37.9. The molecule has 0 aromatic heterocycles. The third-order valence-corrected chi connectivity index (χ3v) is 22.1. The van der Waals surface area contributed by atoms with E-state index in [1.165, 1.54) is 53.0 Å². The van der Waals surface area contributed by atoms with Crippen LogP contribution in [0.1, 0.15) is 88.1 Å². The molecule has 4 aromatic rings. The Morgan fingerprint density at radius 1 is 0.689 bits per heavy atom. The largest absolute Gasteiger partial charge is 0.312 e. The van der Waals surface area contributed by atoms with Crippen LogP contribution in [0.25, 0.3) is 0 Å². The molecular formula is C56H60N4Si. The Kier molecular flexibility index (Phi) is 9.12. The number of hydrogen-bond acceptors (Lipinski definition) is 4. The van der Waals surface area contributed by atoms with Crippen molar-refractivity contribution in [3.05, 3.63) is 191 Å². The second-order valence-corrected chi connectivity index (χ2v) is 23.9. The van der Waals surface area contributed by atoms with Crippen LogP contribution in [0.5, 0.6) is 0 Å². The molecule has 61 heavy (non-hydrogen) atoms. The summed E-state index contributed by atoms with van der Waals surface area (Å²) in [6.07, 6.45) is 33.2. The van der Waals surface area contributed by atoms with Gasteiger partial charge in [-0.1, -0.05) is 176 Å². The predicted molar refractivity (Wildman–Crippen MR) is 254 cm³/mol. The smallest absolute Gasteiger partial charge is 0.171 e. The lowest BCUT2D eigenvalue weighted by Crippen LogP contribution is -2.72. The monoisotopic (exact) mass is 816 g/mol. The number of fused-ring (bicyclic) bond motifs is 2. The van der Waals surface area contributed by atoms with Gasteiger partial charge in [-0.3, -0.25) is 16.0 Å². The number of benzene rings is 4. The molecule has 10 atom stereocenters. The van der Waals surface area contributed by atoms with Gasteiger partial charge in [0.2, 0.25) is 0 Å². The van der Waals surface area contributed by atoms with E-state index in [4.69, 9.17) is 0 Å². The van der Waals surface area contributed by atoms with Gasteiger partial charge in [0.05, 0.1) is 12.3 Å². The maximum atomic E-state index is 4.27. The molecule has 10 unspecified atom stereocenters. The summed E-state index contributed by atoms with van der Waals surface area (Å²) in [6.45, 7) is 4.88. The fraction of sp³-hybridized carbons (Fsp3) is 0.357. The highest BCUT2D eigenvalue weighted by Gasteiger charge is 2.66. The summed E-state index contributed by atoms with van der Waals surface area (Å²) in [4.78, 5) is 2.66. The summed E-state index contributed by atoms with van der Waals surface area (Å²) in [7, 11) is -2.63. The van der Waals surface area contributed by atoms with E-state index in [0.29, 0.717) is 5.92 Å². The molecule has 5 heteroatoms. The van der Waals surface area contributed by atoms with Crippen molar-refractivity contribution in [1.29, 1.82) is 0 Å². The fourth-order valence-corrected chi connectivity index (χ4v) is 20.0. The van der Waals surface area contributed by atoms with Crippen molar-refractivity contribution < 1.29 is 0 Å². The van der Waals surface area contributed by atoms with Gasteiger partial charge in [-0.15, -0.1) is 0 Å². The van der Waals surface area contributed by atoms with Gasteiger partial charge in [-0.2, -0.15) is 0 Å². The highest BCUT2D eigenvalue weighted by Crippen LogP contribution is 2.72. The quantitative estimate of drug-likeness (QED) is 0.163. The van der Waals surface area contributed by atoms with Crippen molar-refractivity contribution in [3.63, 3.8) is 0 Å². The van der Waals surface area contributed by atoms with Gasteiger partial charge in [0.1, 0.15) is 6.29 Å². The van der Waals surface area contributed by atoms with Crippen molar-refractivity contribution >= 4 is 29.8 Å². The number of allylic oxidation sites excluding steroid dienone is 11. The SMILES string of the molecule is CC1CC=CC=C1[Si](C1=CC=CCC1)(c1ccccc1)c1cccc(C2NC(N3c4ccccc4C4(c5ccccc53)C3CC5CC(C3)C4C5)NC(C3(C)C=CC=CC3)N2)c1. The van der Waals surface area contributed by atoms with E-state index in [2.05, 4.69) is 199 Å². The van der Waals surface area contributed by atoms with Gasteiger partial charge in [0, 0.05) is 22.2 Å². The first-order chi connectivity index (χ1) is 30.0. The standard InChI is InChI=1S/C56H60N4Si/c1-38-19-10-15-30-51(38)61(43-21-6-3-7-22-43,44-23-8-4-9-24-44)45-25-18-20-40(37-45)52-57-53(55(2)31-16-5-17-32-55)59-54(58-52)60-49-28-13-11-26-46(49)56(47-27-12-14-29-50(47)60)42-34-39-33-41(36-42)48(56)35-39/h3-8,10-18,20-23,25-31,37-39,41-42,48,52-54,57-59H,9,19,24,32-36H2,1-2H3. The lowest BCUT2D eigenvalue weighted by atomic mass is 9.56. The zero-order valence-corrected chi connectivity index (χ0v) is 36.8. The maximum Gasteiger partial charge on any atom is 0.171 e. The highest BCUT2D eigenvalue weighted by atomic mass is 28.3. The van der Waals surface area contributed by atoms with E-state index in [1.807, 2.05) is 0 Å². The molecule has 4 aromatic carbocycles. The van der Waals surface area contributed by atoms with E-state index < -0.39 is 8.07 Å². The molecule has 0 amide bonds. The predicted octanol–water partition coefficient (Wildman–Crippen LogP) is 10.5. The van der Waals surface area contributed by atoms with Crippen molar-refractivity contribution in [2.75, 3.05) is 4.90 Å². The number of rotatable bonds is 7. The second kappa shape index (κ2) is 14.7. The molecular weight excluding hydrogens is 757 g/mol. The Morgan fingerprint density at radius 3 is 2.20 bits per heavy atom. The molecule has 5 fully saturated rings. The van der Waals surface area contributed by atoms with Crippen LogP contribution < -0.4 is 31.2 Å². The molecule has 4 saturated carbocycles. The summed E-state index contributed by atoms with van der Waals surface area (Å²) in [6, 6.07) is 40.5. The lowest BCUT2D eigenvalue weighted by molar-refractivity contribution is 0.123. The number of anilines is 2. The van der Waals surface area contributed by atoms with Gasteiger partial charge in [-0.05, 0) is 120 Å². The molecule has 9 aliphatic rings. The third kappa shape index (κ3) is 5.66. The minimum atomic E-state index is -2.63. The van der Waals surface area contributed by atoms with E-state index in [-0.39, 0.29) is 29.5 Å². The van der Waals surface area contributed by atoms with Gasteiger partial charge in [0.25, 0.3) is 0 Å². The summed E-state index contributed by atoms with van der Waals surface area (Å²) < 4.78 is 0. The molecule has 1 spiro atoms. The van der Waals surface area contributed by atoms with Crippen LogP contribution in [0, 0.1) is 35.0 Å². The Labute approximate surface area is 364 Å². The molecule has 4 nitrogen and oxygen atoms in total. The van der Waals surface area contributed by atoms with Crippen LogP contribution in [0.4, 0.5) is 11.4 Å². The number of nitrogens with one attached hydrogen (secondary N) is 3. The Morgan fingerprint density at radius 2 is 1.46 bits per heavy atom. The zero-order valence-electron chi connectivity index (χ0n) is 35.8. The fourth-order valence-electron chi connectivity index (χ4n) is 14.4. The summed E-state index contributed by atoms with van der Waals surface area (Å²) in [5.41, 5.74) is 7.14. The number of hydrogen-bond donors (Lipinski definition) is 3. The van der Waals surface area contributed by atoms with E-state index in [1.54, 1.807) is 21.5 Å². The average molecular weight is 817 g/mol. The van der Waals surface area contributed by atoms with Gasteiger partial charge < -0.3 is 4.90 Å². The Bertz CT molecular complexity index is 2500. The van der Waals surface area contributed by atoms with Gasteiger partial charge in [-0.25, -0.2) is 0 Å². The molecule has 4 bridgehead atoms. The first-order valence-electron chi connectivity index (χ1n) is 23.5. The van der Waals surface area contributed by atoms with Gasteiger partial charge in [0.15, 0.2) is 8.07 Å². The normalized spacial score (nSPS) is 33.6. The van der Waals surface area contributed by atoms with Crippen LogP contribution in [-0.2, 0) is 5.41 Å². The topological polar surface area (TPSA) is 39.3 Å². The van der Waals surface area contributed by atoms with Crippen LogP contribution in [0.2, 0.25) is 0 Å². The summed E-state index contributed by atoms with van der Waals surface area (Å²) in [5.74, 6) is 3.70. The van der Waals surface area contributed by atoms with Crippen LogP contribution in [0.3, 0.4) is 0 Å². The first-order valence-corrected chi connectivity index (χ1v) is 25.5. The Hall–Kier alpha value is -4.78. The second-order valence-electron chi connectivity index (χ2n) is 20.0. The van der Waals surface area contributed by atoms with Crippen molar-refractivity contribution in [2.45, 2.75) is 89.3 Å². The number of para-hydroxylation sites is 2. The number of nitrogens with zero attached hydrogens (tertiary/aromatic N) is 1. The Balaban J connectivity index is 1.01. The van der Waals surface area contributed by atoms with E-state index >= 15 is 0 Å². The molecule has 2 aliphatic heterocycles. The molecule has 0 radical (unpaired) electrons. The van der Waals surface area contributed by atoms with Crippen molar-refractivity contribution in [1.82, 2.24) is 16.0 Å². The molecule has 308 valence electrons.